The summed E-state index contributed by atoms with van der Waals surface area (Å²) in [6.07, 6.45) is 12.9. The molecule has 0 fully saturated rings. The van der Waals surface area contributed by atoms with Crippen molar-refractivity contribution in [3.63, 3.8) is 0 Å². The predicted molar refractivity (Wildman–Crippen MR) is 59.7 cm³/mol. The number of rotatable bonds is 9. The van der Waals surface area contributed by atoms with Crippen LogP contribution in [0.4, 0.5) is 0 Å². The zero-order valence-electron chi connectivity index (χ0n) is 8.89. The van der Waals surface area contributed by atoms with Gasteiger partial charge >= 0.3 is 5.97 Å². The molecule has 0 atom stereocenters. The molecule has 3 heteroatoms. The smallest absolute Gasteiger partial charge is 0.303 e. The lowest BCUT2D eigenvalue weighted by molar-refractivity contribution is -0.136. The molecule has 0 aromatic rings. The van der Waals surface area contributed by atoms with E-state index in [4.69, 9.17) is 5.11 Å². The Morgan fingerprint density at radius 2 is 1.33 bits per heavy atom. The molecular weight excluding hydrogens is 192 g/mol. The minimum Gasteiger partial charge on any atom is -0.481 e. The first kappa shape index (κ1) is 13.6. The fourth-order valence-electron chi connectivity index (χ4n) is 1.03. The summed E-state index contributed by atoms with van der Waals surface area (Å²) in [5.74, 6) is -0.756. The van der Waals surface area contributed by atoms with Gasteiger partial charge in [-0.3, -0.25) is 4.79 Å². The van der Waals surface area contributed by atoms with E-state index in [-0.39, 0.29) is 6.42 Å². The summed E-state index contributed by atoms with van der Waals surface area (Å²) in [5, 5.41) is 8.36. The molecule has 0 aliphatic heterocycles. The highest BCUT2D eigenvalue weighted by atomic mass is 16.4. The van der Waals surface area contributed by atoms with Crippen LogP contribution in [0.1, 0.15) is 38.5 Å². The Morgan fingerprint density at radius 1 is 0.867 bits per heavy atom. The SMILES string of the molecule is O=CCCC=CCCC=CCCC(=O)O. The van der Waals surface area contributed by atoms with E-state index < -0.39 is 5.97 Å². The summed E-state index contributed by atoms with van der Waals surface area (Å²) in [7, 11) is 0. The fraction of sp³-hybridized carbons (Fsp3) is 0.500. The summed E-state index contributed by atoms with van der Waals surface area (Å²) in [6, 6.07) is 0. The number of unbranched alkanes of at least 4 members (excludes halogenated alkanes) is 2. The standard InChI is InChI=1S/C12H18O3/c13-11-9-7-5-3-1-2-4-6-8-10-12(14)15/h3-6,11H,1-2,7-10H2,(H,14,15). The van der Waals surface area contributed by atoms with E-state index in [9.17, 15) is 9.59 Å². The number of aldehydes is 1. The number of allylic oxidation sites excluding steroid dienone is 4. The van der Waals surface area contributed by atoms with Crippen LogP contribution in [0.15, 0.2) is 24.3 Å². The summed E-state index contributed by atoms with van der Waals surface area (Å²) >= 11 is 0. The van der Waals surface area contributed by atoms with Gasteiger partial charge in [-0.2, -0.15) is 0 Å². The summed E-state index contributed by atoms with van der Waals surface area (Å²) < 4.78 is 0. The molecular formula is C12H18O3. The third-order valence-electron chi connectivity index (χ3n) is 1.81. The first-order valence-electron chi connectivity index (χ1n) is 5.22. The molecule has 1 N–H and O–H groups in total. The van der Waals surface area contributed by atoms with E-state index in [0.717, 1.165) is 25.5 Å². The second-order valence-corrected chi connectivity index (χ2v) is 3.20. The average molecular weight is 210 g/mol. The van der Waals surface area contributed by atoms with Gasteiger partial charge in [0.25, 0.3) is 0 Å². The Hall–Kier alpha value is -1.38. The van der Waals surface area contributed by atoms with E-state index in [1.807, 2.05) is 24.3 Å². The molecule has 0 saturated carbocycles. The van der Waals surface area contributed by atoms with Crippen LogP contribution < -0.4 is 0 Å². The minimum atomic E-state index is -0.756. The van der Waals surface area contributed by atoms with Crippen molar-refractivity contribution in [1.82, 2.24) is 0 Å². The van der Waals surface area contributed by atoms with Gasteiger partial charge in [-0.1, -0.05) is 24.3 Å². The number of aliphatic carboxylic acids is 1. The first-order valence-corrected chi connectivity index (χ1v) is 5.22. The molecule has 0 heterocycles. The quantitative estimate of drug-likeness (QED) is 0.361. The normalized spacial score (nSPS) is 11.2. The summed E-state index contributed by atoms with van der Waals surface area (Å²) in [4.78, 5) is 20.1. The van der Waals surface area contributed by atoms with E-state index in [0.29, 0.717) is 12.8 Å². The maximum absolute atomic E-state index is 10.2. The molecule has 0 radical (unpaired) electrons. The van der Waals surface area contributed by atoms with Crippen LogP contribution in [0.25, 0.3) is 0 Å². The highest BCUT2D eigenvalue weighted by Crippen LogP contribution is 1.98. The average Bonchev–Trinajstić information content (AvgIpc) is 2.20. The second kappa shape index (κ2) is 10.7. The van der Waals surface area contributed by atoms with Crippen molar-refractivity contribution in [2.24, 2.45) is 0 Å². The molecule has 0 saturated heterocycles. The lowest BCUT2D eigenvalue weighted by Gasteiger charge is -1.89. The van der Waals surface area contributed by atoms with Gasteiger partial charge < -0.3 is 9.90 Å². The highest BCUT2D eigenvalue weighted by molar-refractivity contribution is 5.66. The van der Waals surface area contributed by atoms with Gasteiger partial charge in [0.15, 0.2) is 0 Å². The molecule has 0 amide bonds. The lowest BCUT2D eigenvalue weighted by atomic mass is 10.2. The number of hydrogen-bond donors (Lipinski definition) is 1. The molecule has 0 unspecified atom stereocenters. The molecule has 0 rings (SSSR count). The van der Waals surface area contributed by atoms with Crippen LogP contribution in [0.2, 0.25) is 0 Å². The second-order valence-electron chi connectivity index (χ2n) is 3.20. The molecule has 3 nitrogen and oxygen atoms in total. The van der Waals surface area contributed by atoms with Gasteiger partial charge in [-0.15, -0.1) is 0 Å². The van der Waals surface area contributed by atoms with Crippen molar-refractivity contribution in [1.29, 1.82) is 0 Å². The van der Waals surface area contributed by atoms with Gasteiger partial charge in [-0.05, 0) is 25.7 Å². The Labute approximate surface area is 90.5 Å². The van der Waals surface area contributed by atoms with Crippen molar-refractivity contribution in [2.75, 3.05) is 0 Å². The van der Waals surface area contributed by atoms with Crippen molar-refractivity contribution in [3.05, 3.63) is 24.3 Å². The third-order valence-corrected chi connectivity index (χ3v) is 1.81. The Kier molecular flexibility index (Phi) is 9.71. The number of hydrogen-bond acceptors (Lipinski definition) is 2. The van der Waals surface area contributed by atoms with Crippen LogP contribution in [0.3, 0.4) is 0 Å². The van der Waals surface area contributed by atoms with Gasteiger partial charge in [0.05, 0.1) is 0 Å². The monoisotopic (exact) mass is 210 g/mol. The molecule has 0 aromatic heterocycles. The maximum Gasteiger partial charge on any atom is 0.303 e. The number of carbonyl (C=O) groups excluding carboxylic acids is 1. The van der Waals surface area contributed by atoms with E-state index in [1.165, 1.54) is 0 Å². The van der Waals surface area contributed by atoms with E-state index in [2.05, 4.69) is 0 Å². The largest absolute Gasteiger partial charge is 0.481 e. The zero-order valence-corrected chi connectivity index (χ0v) is 8.89. The first-order chi connectivity index (χ1) is 7.27. The summed E-state index contributed by atoms with van der Waals surface area (Å²) in [6.45, 7) is 0. The van der Waals surface area contributed by atoms with Gasteiger partial charge in [0.2, 0.25) is 0 Å². The molecule has 15 heavy (non-hydrogen) atoms. The van der Waals surface area contributed by atoms with Crippen LogP contribution in [0, 0.1) is 0 Å². The molecule has 0 aliphatic rings. The molecule has 0 aliphatic carbocycles. The van der Waals surface area contributed by atoms with Gasteiger partial charge in [0, 0.05) is 12.8 Å². The molecule has 84 valence electrons. The molecule has 0 spiro atoms. The Bertz CT molecular complexity index is 229. The van der Waals surface area contributed by atoms with Crippen molar-refractivity contribution < 1.29 is 14.7 Å². The van der Waals surface area contributed by atoms with Crippen LogP contribution in [-0.4, -0.2) is 17.4 Å². The third kappa shape index (κ3) is 12.6. The summed E-state index contributed by atoms with van der Waals surface area (Å²) in [5.41, 5.74) is 0. The Morgan fingerprint density at radius 3 is 1.80 bits per heavy atom. The van der Waals surface area contributed by atoms with Crippen molar-refractivity contribution in [3.8, 4) is 0 Å². The van der Waals surface area contributed by atoms with Gasteiger partial charge in [-0.25, -0.2) is 0 Å². The number of carboxylic acids is 1. The van der Waals surface area contributed by atoms with Crippen molar-refractivity contribution >= 4 is 12.3 Å². The van der Waals surface area contributed by atoms with Crippen molar-refractivity contribution in [2.45, 2.75) is 38.5 Å². The topological polar surface area (TPSA) is 54.4 Å². The molecule has 0 aromatic carbocycles. The van der Waals surface area contributed by atoms with E-state index in [1.54, 1.807) is 0 Å². The highest BCUT2D eigenvalue weighted by Gasteiger charge is 1.90. The van der Waals surface area contributed by atoms with Crippen LogP contribution in [-0.2, 0) is 9.59 Å². The van der Waals surface area contributed by atoms with Crippen LogP contribution >= 0.6 is 0 Å². The Balaban J connectivity index is 3.25. The maximum atomic E-state index is 10.2. The fourth-order valence-corrected chi connectivity index (χ4v) is 1.03. The lowest BCUT2D eigenvalue weighted by Crippen LogP contribution is -1.91. The zero-order chi connectivity index (χ0) is 11.4. The van der Waals surface area contributed by atoms with Crippen LogP contribution in [0.5, 0.6) is 0 Å². The van der Waals surface area contributed by atoms with E-state index >= 15 is 0 Å². The molecule has 0 bridgehead atoms. The number of carboxylic acid groups (broad SMARTS) is 1. The predicted octanol–water partition coefficient (Wildman–Crippen LogP) is 2.72. The minimum absolute atomic E-state index is 0.200. The number of carbonyl (C=O) groups is 2. The van der Waals surface area contributed by atoms with Gasteiger partial charge in [0.1, 0.15) is 6.29 Å².